The van der Waals surface area contributed by atoms with E-state index < -0.39 is 21.7 Å². The van der Waals surface area contributed by atoms with Gasteiger partial charge in [-0.15, -0.1) is 0 Å². The van der Waals surface area contributed by atoms with E-state index in [1.807, 2.05) is 0 Å². The van der Waals surface area contributed by atoms with Gasteiger partial charge in [-0.3, -0.25) is 9.52 Å². The molecule has 0 aliphatic rings. The van der Waals surface area contributed by atoms with Gasteiger partial charge in [0.15, 0.2) is 5.75 Å². The van der Waals surface area contributed by atoms with Crippen LogP contribution < -0.4 is 15.0 Å². The quantitative estimate of drug-likeness (QED) is 0.273. The monoisotopic (exact) mass is 443 g/mol. The fourth-order valence-corrected chi connectivity index (χ4v) is 4.19. The van der Waals surface area contributed by atoms with Crippen molar-refractivity contribution in [2.24, 2.45) is 0 Å². The largest absolute Gasteiger partial charge is 0.513 e. The third-order valence-electron chi connectivity index (χ3n) is 4.46. The smallest absolute Gasteiger partial charge is 0.508 e. The van der Waals surface area contributed by atoms with Crippen LogP contribution >= 0.6 is 0 Å². The van der Waals surface area contributed by atoms with E-state index >= 15 is 0 Å². The number of nitrogens with one attached hydrogen (secondary N) is 3. The summed E-state index contributed by atoms with van der Waals surface area (Å²) < 4.78 is 38.1. The zero-order chi connectivity index (χ0) is 22.2. The molecule has 0 aliphatic carbocycles. The third-order valence-corrected chi connectivity index (χ3v) is 5.84. The normalized spacial score (nSPS) is 11.5. The van der Waals surface area contributed by atoms with E-state index in [4.69, 9.17) is 9.47 Å². The summed E-state index contributed by atoms with van der Waals surface area (Å²) in [4.78, 5) is 29.4. The number of phenolic OH excluding ortho intramolecular Hbond substituents is 1. The number of aromatic nitrogens is 2. The van der Waals surface area contributed by atoms with Crippen molar-refractivity contribution in [1.29, 1.82) is 0 Å². The number of ether oxygens (including phenoxy) is 2. The molecule has 4 N–H and O–H groups in total. The standard InChI is InChI=1S/C20H17N3O7S/c1-2-29-20(26)30-16-10-21-18-17(16)14-9-13(7-8-15(14)22-19(18)25)31(27,28)23-11-3-5-12(24)6-4-11/h3-10,21,23-24H,2H2,1H3,(H,22,25). The lowest BCUT2D eigenvalue weighted by molar-refractivity contribution is 0.105. The number of H-pyrrole nitrogens is 2. The number of hydrogen-bond acceptors (Lipinski definition) is 7. The van der Waals surface area contributed by atoms with Crippen LogP contribution in [-0.2, 0) is 14.8 Å². The van der Waals surface area contributed by atoms with Gasteiger partial charge in [-0.25, -0.2) is 13.2 Å². The van der Waals surface area contributed by atoms with Gasteiger partial charge in [0.2, 0.25) is 0 Å². The van der Waals surface area contributed by atoms with Gasteiger partial charge in [-0.2, -0.15) is 0 Å². The number of aromatic hydroxyl groups is 1. The molecule has 2 heterocycles. The molecule has 31 heavy (non-hydrogen) atoms. The first-order valence-electron chi connectivity index (χ1n) is 9.12. The van der Waals surface area contributed by atoms with Crippen LogP contribution in [0.1, 0.15) is 6.92 Å². The highest BCUT2D eigenvalue weighted by Crippen LogP contribution is 2.32. The number of fused-ring (bicyclic) bond motifs is 3. The summed E-state index contributed by atoms with van der Waals surface area (Å²) in [6.45, 7) is 1.72. The summed E-state index contributed by atoms with van der Waals surface area (Å²) in [7, 11) is -3.99. The second-order valence-electron chi connectivity index (χ2n) is 6.50. The first-order valence-corrected chi connectivity index (χ1v) is 10.6. The number of phenols is 1. The maximum Gasteiger partial charge on any atom is 0.513 e. The number of pyridine rings is 1. The molecule has 0 bridgehead atoms. The average Bonchev–Trinajstić information content (AvgIpc) is 3.14. The lowest BCUT2D eigenvalue weighted by atomic mass is 10.1. The molecule has 2 aromatic heterocycles. The summed E-state index contributed by atoms with van der Waals surface area (Å²) in [5, 5.41) is 9.96. The fourth-order valence-electron chi connectivity index (χ4n) is 3.10. The topological polar surface area (TPSA) is 151 Å². The van der Waals surface area contributed by atoms with E-state index in [9.17, 15) is 23.1 Å². The molecule has 0 atom stereocenters. The van der Waals surface area contributed by atoms with Crippen LogP contribution in [0.15, 0.2) is 58.4 Å². The second-order valence-corrected chi connectivity index (χ2v) is 8.18. The Morgan fingerprint density at radius 3 is 2.61 bits per heavy atom. The van der Waals surface area contributed by atoms with E-state index in [-0.39, 0.29) is 39.6 Å². The third kappa shape index (κ3) is 3.90. The van der Waals surface area contributed by atoms with Gasteiger partial charge >= 0.3 is 6.16 Å². The number of carbonyl (C=O) groups excluding carboxylic acids is 1. The number of anilines is 1. The minimum absolute atomic E-state index is 0.00147. The Morgan fingerprint density at radius 2 is 1.90 bits per heavy atom. The minimum atomic E-state index is -3.99. The highest BCUT2D eigenvalue weighted by molar-refractivity contribution is 7.92. The summed E-state index contributed by atoms with van der Waals surface area (Å²) in [6.07, 6.45) is 0.376. The van der Waals surface area contributed by atoms with Gasteiger partial charge in [-0.05, 0) is 49.4 Å². The van der Waals surface area contributed by atoms with Crippen LogP contribution in [0, 0.1) is 0 Å². The Kier molecular flexibility index (Phi) is 5.03. The van der Waals surface area contributed by atoms with Gasteiger partial charge in [0.25, 0.3) is 15.6 Å². The van der Waals surface area contributed by atoms with Gasteiger partial charge in [0.1, 0.15) is 11.3 Å². The number of aromatic amines is 2. The van der Waals surface area contributed by atoms with Crippen LogP contribution in [0.5, 0.6) is 11.5 Å². The molecule has 4 aromatic rings. The first-order chi connectivity index (χ1) is 14.8. The van der Waals surface area contributed by atoms with Crippen molar-refractivity contribution in [3.63, 3.8) is 0 Å². The summed E-state index contributed by atoms with van der Waals surface area (Å²) in [5.41, 5.74) is 0.277. The van der Waals surface area contributed by atoms with Gasteiger partial charge in [-0.1, -0.05) is 0 Å². The Morgan fingerprint density at radius 1 is 1.16 bits per heavy atom. The predicted octanol–water partition coefficient (Wildman–Crippen LogP) is 3.05. The van der Waals surface area contributed by atoms with Crippen molar-refractivity contribution in [3.8, 4) is 11.5 Å². The molecule has 0 fully saturated rings. The number of benzene rings is 2. The van der Waals surface area contributed by atoms with Crippen molar-refractivity contribution >= 4 is 43.7 Å². The molecule has 0 radical (unpaired) electrons. The summed E-state index contributed by atoms with van der Waals surface area (Å²) >= 11 is 0. The van der Waals surface area contributed by atoms with E-state index in [2.05, 4.69) is 14.7 Å². The highest BCUT2D eigenvalue weighted by atomic mass is 32.2. The van der Waals surface area contributed by atoms with E-state index in [0.717, 1.165) is 0 Å². The van der Waals surface area contributed by atoms with Crippen molar-refractivity contribution in [3.05, 3.63) is 59.0 Å². The molecular formula is C20H17N3O7S. The SMILES string of the molecule is CCOC(=O)Oc1c[nH]c2c(=O)[nH]c3ccc(S(=O)(=O)Nc4ccc(O)cc4)cc3c12. The highest BCUT2D eigenvalue weighted by Gasteiger charge is 2.20. The average molecular weight is 443 g/mol. The maximum absolute atomic E-state index is 12.9. The first kappa shape index (κ1) is 20.3. The van der Waals surface area contributed by atoms with Crippen molar-refractivity contribution in [2.75, 3.05) is 11.3 Å². The zero-order valence-corrected chi connectivity index (χ0v) is 16.9. The van der Waals surface area contributed by atoms with Crippen LogP contribution in [-0.4, -0.2) is 36.3 Å². The van der Waals surface area contributed by atoms with Crippen molar-refractivity contribution < 1.29 is 27.8 Å². The lowest BCUT2D eigenvalue weighted by Crippen LogP contribution is -2.13. The Balaban J connectivity index is 1.83. The number of sulfonamides is 1. The Labute approximate surface area is 175 Å². The van der Waals surface area contributed by atoms with E-state index in [1.165, 1.54) is 48.7 Å². The summed E-state index contributed by atoms with van der Waals surface area (Å²) in [5.74, 6) is 0.0344. The van der Waals surface area contributed by atoms with Crippen LogP contribution in [0.3, 0.4) is 0 Å². The van der Waals surface area contributed by atoms with E-state index in [0.29, 0.717) is 10.9 Å². The molecule has 0 aliphatic heterocycles. The molecule has 4 rings (SSSR count). The maximum atomic E-state index is 12.9. The molecular weight excluding hydrogens is 426 g/mol. The summed E-state index contributed by atoms with van der Waals surface area (Å²) in [6, 6.07) is 9.69. The van der Waals surface area contributed by atoms with Crippen LogP contribution in [0.4, 0.5) is 10.5 Å². The predicted molar refractivity (Wildman–Crippen MR) is 113 cm³/mol. The molecule has 0 amide bonds. The number of carbonyl (C=O) groups is 1. The lowest BCUT2D eigenvalue weighted by Gasteiger charge is -2.10. The molecule has 2 aromatic carbocycles. The second kappa shape index (κ2) is 7.69. The Bertz CT molecular complexity index is 1450. The van der Waals surface area contributed by atoms with Crippen molar-refractivity contribution in [2.45, 2.75) is 11.8 Å². The van der Waals surface area contributed by atoms with Crippen LogP contribution in [0.25, 0.3) is 21.8 Å². The molecule has 160 valence electrons. The number of rotatable bonds is 5. The van der Waals surface area contributed by atoms with Crippen molar-refractivity contribution in [1.82, 2.24) is 9.97 Å². The number of hydrogen-bond donors (Lipinski definition) is 4. The zero-order valence-electron chi connectivity index (χ0n) is 16.1. The molecule has 0 spiro atoms. The molecule has 11 heteroatoms. The molecule has 0 saturated carbocycles. The molecule has 0 saturated heterocycles. The van der Waals surface area contributed by atoms with Gasteiger partial charge < -0.3 is 24.5 Å². The van der Waals surface area contributed by atoms with Gasteiger partial charge in [0, 0.05) is 22.8 Å². The minimum Gasteiger partial charge on any atom is -0.508 e. The van der Waals surface area contributed by atoms with Gasteiger partial charge in [0.05, 0.1) is 16.9 Å². The molecule has 0 unspecified atom stereocenters. The van der Waals surface area contributed by atoms with E-state index in [1.54, 1.807) is 6.92 Å². The Hall–Kier alpha value is -3.99. The fraction of sp³-hybridized carbons (Fsp3) is 0.100. The van der Waals surface area contributed by atoms with Crippen LogP contribution in [0.2, 0.25) is 0 Å². The molecule has 10 nitrogen and oxygen atoms in total.